The van der Waals surface area contributed by atoms with E-state index in [2.05, 4.69) is 26.0 Å². The van der Waals surface area contributed by atoms with E-state index in [4.69, 9.17) is 16.3 Å². The molecule has 3 N–H and O–H groups in total. The van der Waals surface area contributed by atoms with Crippen molar-refractivity contribution >= 4 is 35.0 Å². The normalized spacial score (nSPS) is 10.6. The molecule has 0 aliphatic heterocycles. The third-order valence-electron chi connectivity index (χ3n) is 5.41. The second-order valence-electron chi connectivity index (χ2n) is 8.22. The zero-order valence-corrected chi connectivity index (χ0v) is 21.1. The van der Waals surface area contributed by atoms with Gasteiger partial charge in [0, 0.05) is 42.4 Å². The summed E-state index contributed by atoms with van der Waals surface area (Å²) in [6.07, 6.45) is 5.90. The maximum atomic E-state index is 12.9. The van der Waals surface area contributed by atoms with Crippen LogP contribution < -0.4 is 20.7 Å². The lowest BCUT2D eigenvalue weighted by Gasteiger charge is -2.10. The first kappa shape index (κ1) is 25.8. The Balaban J connectivity index is 1.40. The Morgan fingerprint density at radius 2 is 1.89 bits per heavy atom. The molecule has 4 aromatic rings. The summed E-state index contributed by atoms with van der Waals surface area (Å²) in [4.78, 5) is 29.9. The van der Waals surface area contributed by atoms with E-state index in [-0.39, 0.29) is 17.5 Å². The molecular weight excluding hydrogens is 494 g/mol. The Morgan fingerprint density at radius 3 is 2.65 bits per heavy atom. The first-order chi connectivity index (χ1) is 18.0. The number of benzene rings is 2. The number of rotatable bonds is 11. The van der Waals surface area contributed by atoms with E-state index in [1.165, 1.54) is 0 Å². The molecule has 0 saturated carbocycles. The fraction of sp³-hybridized carbons (Fsp3) is 0.231. The SMILES string of the molecule is Cc1cc(Cl)ccc1NC(=O)Nc1cn(CCOc2ccccc2)c(C(=O)NCCCn2cccn2)n1. The molecule has 0 unspecified atom stereocenters. The number of ether oxygens (including phenoxy) is 1. The molecule has 3 amide bonds. The maximum Gasteiger partial charge on any atom is 0.324 e. The molecule has 10 nitrogen and oxygen atoms in total. The standard InChI is InChI=1S/C26H28ClN7O3/c1-19-17-20(27)9-10-22(19)30-26(36)32-23-18-33(15-16-37-21-7-3-2-4-8-21)24(31-23)25(35)28-11-5-13-34-14-6-12-29-34/h2-4,6-10,12,14,17-18H,5,11,13,15-16H2,1H3,(H,28,35)(H2,30,32,36). The highest BCUT2D eigenvalue weighted by Crippen LogP contribution is 2.20. The van der Waals surface area contributed by atoms with Gasteiger partial charge in [0.1, 0.15) is 12.4 Å². The van der Waals surface area contributed by atoms with Crippen LogP contribution in [0.15, 0.2) is 73.2 Å². The van der Waals surface area contributed by atoms with E-state index < -0.39 is 6.03 Å². The molecule has 0 saturated heterocycles. The first-order valence-corrected chi connectivity index (χ1v) is 12.2. The Hall–Kier alpha value is -4.31. The van der Waals surface area contributed by atoms with Crippen LogP contribution >= 0.6 is 11.6 Å². The average Bonchev–Trinajstić information content (AvgIpc) is 3.54. The van der Waals surface area contributed by atoms with Crippen molar-refractivity contribution in [2.45, 2.75) is 26.4 Å². The fourth-order valence-electron chi connectivity index (χ4n) is 3.60. The van der Waals surface area contributed by atoms with Crippen molar-refractivity contribution < 1.29 is 14.3 Å². The molecule has 0 radical (unpaired) electrons. The second kappa shape index (κ2) is 12.6. The lowest BCUT2D eigenvalue weighted by atomic mass is 10.2. The highest BCUT2D eigenvalue weighted by molar-refractivity contribution is 6.30. The minimum atomic E-state index is -0.484. The minimum absolute atomic E-state index is 0.175. The summed E-state index contributed by atoms with van der Waals surface area (Å²) in [7, 11) is 0. The van der Waals surface area contributed by atoms with Crippen molar-refractivity contribution in [3.63, 3.8) is 0 Å². The van der Waals surface area contributed by atoms with Crippen LogP contribution in [0.4, 0.5) is 16.3 Å². The number of amides is 3. The Bertz CT molecular complexity index is 1320. The van der Waals surface area contributed by atoms with E-state index in [0.29, 0.717) is 43.4 Å². The van der Waals surface area contributed by atoms with E-state index in [1.54, 1.807) is 39.8 Å². The molecule has 0 aliphatic rings. The van der Waals surface area contributed by atoms with Gasteiger partial charge >= 0.3 is 6.03 Å². The largest absolute Gasteiger partial charge is 0.492 e. The molecule has 2 heterocycles. The molecule has 0 spiro atoms. The van der Waals surface area contributed by atoms with Crippen molar-refractivity contribution in [3.05, 3.63) is 89.6 Å². The number of carbonyl (C=O) groups is 2. The number of halogens is 1. The van der Waals surface area contributed by atoms with Crippen molar-refractivity contribution in [2.24, 2.45) is 0 Å². The molecule has 0 atom stereocenters. The second-order valence-corrected chi connectivity index (χ2v) is 8.66. The van der Waals surface area contributed by atoms with Crippen molar-refractivity contribution in [1.29, 1.82) is 0 Å². The number of nitrogens with zero attached hydrogens (tertiary/aromatic N) is 4. The zero-order valence-electron chi connectivity index (χ0n) is 20.4. The number of aryl methyl sites for hydroxylation is 2. The Kier molecular flexibility index (Phi) is 8.77. The van der Waals surface area contributed by atoms with Crippen LogP contribution in [0, 0.1) is 6.92 Å². The fourth-order valence-corrected chi connectivity index (χ4v) is 3.83. The number of carbonyl (C=O) groups excluding carboxylic acids is 2. The lowest BCUT2D eigenvalue weighted by Crippen LogP contribution is -2.29. The van der Waals surface area contributed by atoms with Crippen LogP contribution in [0.3, 0.4) is 0 Å². The molecule has 0 aliphatic carbocycles. The lowest BCUT2D eigenvalue weighted by molar-refractivity contribution is 0.0936. The Labute approximate surface area is 219 Å². The van der Waals surface area contributed by atoms with Crippen molar-refractivity contribution in [2.75, 3.05) is 23.8 Å². The summed E-state index contributed by atoms with van der Waals surface area (Å²) in [6, 6.07) is 15.9. The van der Waals surface area contributed by atoms with Crippen LogP contribution in [-0.2, 0) is 13.1 Å². The van der Waals surface area contributed by atoms with Crippen LogP contribution in [0.2, 0.25) is 5.02 Å². The van der Waals surface area contributed by atoms with Crippen molar-refractivity contribution in [1.82, 2.24) is 24.6 Å². The van der Waals surface area contributed by atoms with Gasteiger partial charge in [0.15, 0.2) is 5.82 Å². The van der Waals surface area contributed by atoms with Crippen LogP contribution in [0.25, 0.3) is 0 Å². The molecule has 2 aromatic carbocycles. The number of para-hydroxylation sites is 1. The molecule has 2 aromatic heterocycles. The smallest absolute Gasteiger partial charge is 0.324 e. The van der Waals surface area contributed by atoms with Crippen LogP contribution in [0.1, 0.15) is 22.6 Å². The first-order valence-electron chi connectivity index (χ1n) is 11.8. The van der Waals surface area contributed by atoms with E-state index in [9.17, 15) is 9.59 Å². The molecule has 192 valence electrons. The maximum absolute atomic E-state index is 12.9. The van der Waals surface area contributed by atoms with Gasteiger partial charge in [0.05, 0.1) is 6.54 Å². The molecule has 37 heavy (non-hydrogen) atoms. The molecule has 11 heteroatoms. The third kappa shape index (κ3) is 7.58. The van der Waals surface area contributed by atoms with Crippen LogP contribution in [-0.4, -0.2) is 44.4 Å². The van der Waals surface area contributed by atoms with E-state index in [1.807, 2.05) is 49.5 Å². The zero-order chi connectivity index (χ0) is 26.0. The monoisotopic (exact) mass is 521 g/mol. The molecule has 4 rings (SSSR count). The van der Waals surface area contributed by atoms with Gasteiger partial charge in [-0.1, -0.05) is 29.8 Å². The number of imidazole rings is 1. The third-order valence-corrected chi connectivity index (χ3v) is 5.65. The number of nitrogens with one attached hydrogen (secondary N) is 3. The van der Waals surface area contributed by atoms with E-state index in [0.717, 1.165) is 11.3 Å². The van der Waals surface area contributed by atoms with Gasteiger partial charge in [-0.25, -0.2) is 9.78 Å². The van der Waals surface area contributed by atoms with Gasteiger partial charge in [-0.3, -0.25) is 14.8 Å². The molecule has 0 bridgehead atoms. The van der Waals surface area contributed by atoms with Gasteiger partial charge in [0.2, 0.25) is 5.82 Å². The van der Waals surface area contributed by atoms with Gasteiger partial charge in [-0.2, -0.15) is 5.10 Å². The summed E-state index contributed by atoms with van der Waals surface area (Å²) in [5, 5.41) is 13.1. The predicted octanol–water partition coefficient (Wildman–Crippen LogP) is 4.58. The molecular formula is C26H28ClN7O3. The van der Waals surface area contributed by atoms with Gasteiger partial charge in [-0.05, 0) is 55.3 Å². The summed E-state index contributed by atoms with van der Waals surface area (Å²) >= 11 is 5.99. The average molecular weight is 522 g/mol. The Morgan fingerprint density at radius 1 is 1.05 bits per heavy atom. The number of hydrogen-bond acceptors (Lipinski definition) is 5. The van der Waals surface area contributed by atoms with Gasteiger partial charge < -0.3 is 19.9 Å². The minimum Gasteiger partial charge on any atom is -0.492 e. The number of urea groups is 1. The topological polar surface area (TPSA) is 115 Å². The number of hydrogen-bond donors (Lipinski definition) is 3. The summed E-state index contributed by atoms with van der Waals surface area (Å²) in [5.41, 5.74) is 1.44. The van der Waals surface area contributed by atoms with Gasteiger partial charge in [0.25, 0.3) is 5.91 Å². The highest BCUT2D eigenvalue weighted by Gasteiger charge is 2.17. The summed E-state index contributed by atoms with van der Waals surface area (Å²) < 4.78 is 9.24. The van der Waals surface area contributed by atoms with Crippen LogP contribution in [0.5, 0.6) is 5.75 Å². The van der Waals surface area contributed by atoms with Gasteiger partial charge in [-0.15, -0.1) is 0 Å². The predicted molar refractivity (Wildman–Crippen MR) is 142 cm³/mol. The van der Waals surface area contributed by atoms with Crippen molar-refractivity contribution in [3.8, 4) is 5.75 Å². The van der Waals surface area contributed by atoms with E-state index >= 15 is 0 Å². The summed E-state index contributed by atoms with van der Waals surface area (Å²) in [6.45, 7) is 3.65. The summed E-state index contributed by atoms with van der Waals surface area (Å²) in [5.74, 6) is 0.796. The highest BCUT2D eigenvalue weighted by atomic mass is 35.5. The molecule has 0 fully saturated rings. The quantitative estimate of drug-likeness (QED) is 0.250. The number of aromatic nitrogens is 4. The number of anilines is 2.